The smallest absolute Gasteiger partial charge is 0.392 e. The third-order valence-electron chi connectivity index (χ3n) is 2.77. The highest BCUT2D eigenvalue weighted by Crippen LogP contribution is 2.40. The van der Waals surface area contributed by atoms with Crippen LogP contribution in [-0.4, -0.2) is 30.0 Å². The average Bonchev–Trinajstić information content (AvgIpc) is 2.45. The fourth-order valence-corrected chi connectivity index (χ4v) is 1.97. The Morgan fingerprint density at radius 2 is 2.20 bits per heavy atom. The molecule has 0 radical (unpaired) electrons. The van der Waals surface area contributed by atoms with E-state index in [2.05, 4.69) is 0 Å². The van der Waals surface area contributed by atoms with E-state index in [0.29, 0.717) is 0 Å². The Morgan fingerprint density at radius 3 is 2.53 bits per heavy atom. The van der Waals surface area contributed by atoms with Crippen LogP contribution < -0.4 is 0 Å². The Balaban J connectivity index is 2.76. The van der Waals surface area contributed by atoms with Crippen LogP contribution in [0.25, 0.3) is 0 Å². The summed E-state index contributed by atoms with van der Waals surface area (Å²) >= 11 is 0. The van der Waals surface area contributed by atoms with Crippen molar-refractivity contribution in [3.63, 3.8) is 0 Å². The zero-order chi connectivity index (χ0) is 11.6. The van der Waals surface area contributed by atoms with E-state index in [-0.39, 0.29) is 13.0 Å². The van der Waals surface area contributed by atoms with Gasteiger partial charge in [0, 0.05) is 6.61 Å². The predicted molar refractivity (Wildman–Crippen MR) is 45.3 cm³/mol. The summed E-state index contributed by atoms with van der Waals surface area (Å²) in [6.07, 6.45) is -5.58. The molecule has 0 aromatic rings. The zero-order valence-corrected chi connectivity index (χ0v) is 8.25. The molecule has 0 bridgehead atoms. The minimum absolute atomic E-state index is 0.276. The van der Waals surface area contributed by atoms with Gasteiger partial charge >= 0.3 is 12.1 Å². The summed E-state index contributed by atoms with van der Waals surface area (Å²) in [7, 11) is 0. The molecule has 1 heterocycles. The van der Waals surface area contributed by atoms with Crippen molar-refractivity contribution >= 4 is 5.97 Å². The first kappa shape index (κ1) is 12.3. The fraction of sp³-hybridized carbons (Fsp3) is 0.889. The minimum Gasteiger partial charge on any atom is -0.481 e. The number of hydrogen-bond donors (Lipinski definition) is 1. The summed E-state index contributed by atoms with van der Waals surface area (Å²) < 4.78 is 42.8. The maximum atomic E-state index is 12.6. The number of hydrogen-bond acceptors (Lipinski definition) is 2. The van der Waals surface area contributed by atoms with Crippen molar-refractivity contribution in [1.29, 1.82) is 0 Å². The molecule has 0 saturated carbocycles. The quantitative estimate of drug-likeness (QED) is 0.801. The maximum Gasteiger partial charge on any atom is 0.392 e. The molecule has 0 amide bonds. The van der Waals surface area contributed by atoms with Crippen LogP contribution in [-0.2, 0) is 9.53 Å². The molecule has 6 heteroatoms. The molecule has 15 heavy (non-hydrogen) atoms. The van der Waals surface area contributed by atoms with E-state index >= 15 is 0 Å². The lowest BCUT2D eigenvalue weighted by Crippen LogP contribution is -2.35. The van der Waals surface area contributed by atoms with Crippen molar-refractivity contribution in [3.8, 4) is 0 Å². The summed E-state index contributed by atoms with van der Waals surface area (Å²) in [6.45, 7) is 1.83. The van der Waals surface area contributed by atoms with Crippen LogP contribution in [0.4, 0.5) is 13.2 Å². The van der Waals surface area contributed by atoms with Crippen LogP contribution in [0.1, 0.15) is 19.8 Å². The number of halogens is 3. The van der Waals surface area contributed by atoms with E-state index in [1.807, 2.05) is 0 Å². The molecule has 0 aromatic heterocycles. The molecule has 1 N–H and O–H groups in total. The molecule has 3 atom stereocenters. The van der Waals surface area contributed by atoms with Gasteiger partial charge in [0.1, 0.15) is 0 Å². The highest BCUT2D eigenvalue weighted by atomic mass is 19.4. The van der Waals surface area contributed by atoms with Gasteiger partial charge in [-0.1, -0.05) is 0 Å². The van der Waals surface area contributed by atoms with Crippen molar-refractivity contribution < 1.29 is 27.8 Å². The summed E-state index contributed by atoms with van der Waals surface area (Å²) in [6, 6.07) is 0. The first-order valence-corrected chi connectivity index (χ1v) is 4.72. The van der Waals surface area contributed by atoms with Crippen molar-refractivity contribution in [2.24, 2.45) is 11.8 Å². The van der Waals surface area contributed by atoms with Gasteiger partial charge in [-0.3, -0.25) is 4.79 Å². The largest absolute Gasteiger partial charge is 0.481 e. The van der Waals surface area contributed by atoms with Crippen molar-refractivity contribution in [3.05, 3.63) is 0 Å². The predicted octanol–water partition coefficient (Wildman–Crippen LogP) is 2.06. The molecule has 3 nitrogen and oxygen atoms in total. The molecule has 88 valence electrons. The van der Waals surface area contributed by atoms with Gasteiger partial charge in [0.2, 0.25) is 0 Å². The summed E-state index contributed by atoms with van der Waals surface area (Å²) in [5.41, 5.74) is 0. The van der Waals surface area contributed by atoms with Gasteiger partial charge in [-0.05, 0) is 19.3 Å². The second-order valence-electron chi connectivity index (χ2n) is 3.77. The van der Waals surface area contributed by atoms with Gasteiger partial charge in [0.25, 0.3) is 0 Å². The van der Waals surface area contributed by atoms with Gasteiger partial charge in [-0.25, -0.2) is 0 Å². The van der Waals surface area contributed by atoms with Gasteiger partial charge in [0.05, 0.1) is 18.4 Å². The third kappa shape index (κ3) is 3.09. The fourth-order valence-electron chi connectivity index (χ4n) is 1.97. The number of rotatable bonds is 3. The van der Waals surface area contributed by atoms with Crippen LogP contribution >= 0.6 is 0 Å². The minimum atomic E-state index is -4.47. The number of alkyl halides is 3. The normalized spacial score (nSPS) is 29.1. The Morgan fingerprint density at radius 1 is 1.60 bits per heavy atom. The Kier molecular flexibility index (Phi) is 3.59. The van der Waals surface area contributed by atoms with E-state index in [4.69, 9.17) is 9.84 Å². The maximum absolute atomic E-state index is 12.6. The van der Waals surface area contributed by atoms with E-state index in [0.717, 1.165) is 0 Å². The monoisotopic (exact) mass is 226 g/mol. The second-order valence-corrected chi connectivity index (χ2v) is 3.77. The molecule has 1 aliphatic rings. The van der Waals surface area contributed by atoms with Crippen LogP contribution in [0.15, 0.2) is 0 Å². The Hall–Kier alpha value is -0.780. The van der Waals surface area contributed by atoms with Gasteiger partial charge in [0.15, 0.2) is 0 Å². The highest BCUT2D eigenvalue weighted by Gasteiger charge is 2.48. The Bertz CT molecular complexity index is 239. The molecule has 0 aliphatic carbocycles. The Labute approximate surface area is 85.2 Å². The lowest BCUT2D eigenvalue weighted by Gasteiger charge is -2.26. The summed E-state index contributed by atoms with van der Waals surface area (Å²) in [5, 5.41) is 8.45. The van der Waals surface area contributed by atoms with Crippen molar-refractivity contribution in [1.82, 2.24) is 0 Å². The molecule has 3 unspecified atom stereocenters. The van der Waals surface area contributed by atoms with Crippen LogP contribution in [0.2, 0.25) is 0 Å². The number of carboxylic acids is 1. The standard InChI is InChI=1S/C9H13F3O3/c1-5-6(2-3-15-5)7(4-8(13)14)9(10,11)12/h5-7H,2-4H2,1H3,(H,13,14). The third-order valence-corrected chi connectivity index (χ3v) is 2.77. The number of carboxylic acid groups (broad SMARTS) is 1. The molecular formula is C9H13F3O3. The van der Waals surface area contributed by atoms with Gasteiger partial charge in [-0.15, -0.1) is 0 Å². The lowest BCUT2D eigenvalue weighted by molar-refractivity contribution is -0.198. The molecule has 1 rings (SSSR count). The second kappa shape index (κ2) is 4.38. The lowest BCUT2D eigenvalue weighted by atomic mass is 9.84. The first-order valence-electron chi connectivity index (χ1n) is 4.72. The SMILES string of the molecule is CC1OCCC1C(CC(=O)O)C(F)(F)F. The number of ether oxygens (including phenoxy) is 1. The van der Waals surface area contributed by atoms with Crippen LogP contribution in [0, 0.1) is 11.8 Å². The summed E-state index contributed by atoms with van der Waals surface area (Å²) in [4.78, 5) is 10.4. The molecule has 0 spiro atoms. The number of carbonyl (C=O) groups is 1. The number of aliphatic carboxylic acids is 1. The topological polar surface area (TPSA) is 46.5 Å². The van der Waals surface area contributed by atoms with E-state index in [1.54, 1.807) is 6.92 Å². The van der Waals surface area contributed by atoms with E-state index < -0.39 is 36.5 Å². The molecule has 0 aromatic carbocycles. The van der Waals surface area contributed by atoms with Crippen LogP contribution in [0.3, 0.4) is 0 Å². The molecule has 1 saturated heterocycles. The molecule has 1 aliphatic heterocycles. The average molecular weight is 226 g/mol. The van der Waals surface area contributed by atoms with Crippen LogP contribution in [0.5, 0.6) is 0 Å². The molecular weight excluding hydrogens is 213 g/mol. The zero-order valence-electron chi connectivity index (χ0n) is 8.25. The highest BCUT2D eigenvalue weighted by molar-refractivity contribution is 5.67. The van der Waals surface area contributed by atoms with Crippen molar-refractivity contribution in [2.75, 3.05) is 6.61 Å². The first-order chi connectivity index (χ1) is 6.82. The van der Waals surface area contributed by atoms with Gasteiger partial charge < -0.3 is 9.84 Å². The van der Waals surface area contributed by atoms with E-state index in [1.165, 1.54) is 0 Å². The van der Waals surface area contributed by atoms with Crippen molar-refractivity contribution in [2.45, 2.75) is 32.0 Å². The molecule has 1 fully saturated rings. The van der Waals surface area contributed by atoms with E-state index in [9.17, 15) is 18.0 Å². The summed E-state index contributed by atoms with van der Waals surface area (Å²) in [5.74, 6) is -3.95. The van der Waals surface area contributed by atoms with Gasteiger partial charge in [-0.2, -0.15) is 13.2 Å².